The Labute approximate surface area is 248 Å². The van der Waals surface area contributed by atoms with E-state index < -0.39 is 22.7 Å². The highest BCUT2D eigenvalue weighted by Crippen LogP contribution is 2.41. The lowest BCUT2D eigenvalue weighted by Gasteiger charge is -2.36. The van der Waals surface area contributed by atoms with Crippen molar-refractivity contribution in [3.05, 3.63) is 75.7 Å². The maximum atomic E-state index is 14.0. The Hall–Kier alpha value is -3.74. The smallest absolute Gasteiger partial charge is 0.368 e. The SMILES string of the molecule is CCN1CCN(c2cc(C(=O)Nc3ccc(C)c(N4C=C(c5cnn(C)c5C)N(C)N4)c3)cc(C(F)(F)F)c2Cl)CC1. The fourth-order valence-electron chi connectivity index (χ4n) is 5.21. The van der Waals surface area contributed by atoms with Crippen molar-refractivity contribution in [2.75, 3.05) is 55.0 Å². The van der Waals surface area contributed by atoms with Gasteiger partial charge in [0, 0.05) is 69.0 Å². The second-order valence-electron chi connectivity index (χ2n) is 10.5. The number of hydrazine groups is 2. The topological polar surface area (TPSA) is 71.9 Å². The number of amides is 1. The van der Waals surface area contributed by atoms with Crippen LogP contribution < -0.4 is 20.8 Å². The van der Waals surface area contributed by atoms with Gasteiger partial charge in [0.15, 0.2) is 0 Å². The van der Waals surface area contributed by atoms with Crippen molar-refractivity contribution in [2.24, 2.45) is 7.05 Å². The average molecular weight is 603 g/mol. The molecule has 5 rings (SSSR count). The molecule has 3 aromatic rings. The summed E-state index contributed by atoms with van der Waals surface area (Å²) in [5.41, 5.74) is 7.33. The minimum absolute atomic E-state index is 0.116. The first-order valence-corrected chi connectivity index (χ1v) is 14.0. The summed E-state index contributed by atoms with van der Waals surface area (Å²) < 4.78 is 43.8. The minimum atomic E-state index is -4.71. The summed E-state index contributed by atoms with van der Waals surface area (Å²) in [5, 5.41) is 10.4. The Kier molecular flexibility index (Phi) is 8.15. The molecule has 0 atom stereocenters. The number of hydrogen-bond donors (Lipinski definition) is 2. The van der Waals surface area contributed by atoms with E-state index in [-0.39, 0.29) is 11.3 Å². The van der Waals surface area contributed by atoms with Crippen LogP contribution in [0.4, 0.5) is 30.2 Å². The first kappa shape index (κ1) is 29.7. The monoisotopic (exact) mass is 602 g/mol. The van der Waals surface area contributed by atoms with Gasteiger partial charge in [0.25, 0.3) is 5.91 Å². The molecule has 0 saturated carbocycles. The summed E-state index contributed by atoms with van der Waals surface area (Å²) in [6.07, 6.45) is -0.989. The molecule has 9 nitrogen and oxygen atoms in total. The van der Waals surface area contributed by atoms with Crippen molar-refractivity contribution in [3.63, 3.8) is 0 Å². The predicted molar refractivity (Wildman–Crippen MR) is 159 cm³/mol. The zero-order chi connectivity index (χ0) is 30.3. The summed E-state index contributed by atoms with van der Waals surface area (Å²) in [6.45, 7) is 9.26. The van der Waals surface area contributed by atoms with Gasteiger partial charge in [-0.1, -0.05) is 24.6 Å². The molecule has 2 N–H and O–H groups in total. The van der Waals surface area contributed by atoms with Crippen molar-refractivity contribution in [2.45, 2.75) is 26.9 Å². The zero-order valence-electron chi connectivity index (χ0n) is 24.2. The number of hydrogen-bond acceptors (Lipinski definition) is 7. The van der Waals surface area contributed by atoms with Crippen LogP contribution in [0.3, 0.4) is 0 Å². The lowest BCUT2D eigenvalue weighted by atomic mass is 10.1. The molecule has 1 amide bonds. The summed E-state index contributed by atoms with van der Waals surface area (Å²) in [4.78, 5) is 17.4. The van der Waals surface area contributed by atoms with Crippen LogP contribution in [0.2, 0.25) is 5.02 Å². The number of piperazine rings is 1. The Morgan fingerprint density at radius 1 is 1.07 bits per heavy atom. The molecule has 0 aliphatic carbocycles. The van der Waals surface area contributed by atoms with Crippen molar-refractivity contribution in [1.82, 2.24) is 25.2 Å². The van der Waals surface area contributed by atoms with Crippen LogP contribution in [0.25, 0.3) is 5.70 Å². The number of alkyl halides is 3. The highest BCUT2D eigenvalue weighted by atomic mass is 35.5. The molecule has 1 saturated heterocycles. The molecule has 0 radical (unpaired) electrons. The van der Waals surface area contributed by atoms with Crippen molar-refractivity contribution >= 4 is 40.3 Å². The lowest BCUT2D eigenvalue weighted by Crippen LogP contribution is -2.46. The molecule has 2 aromatic carbocycles. The number of aryl methyl sites for hydroxylation is 2. The van der Waals surface area contributed by atoms with Crippen molar-refractivity contribution in [1.29, 1.82) is 0 Å². The number of carbonyl (C=O) groups excluding carboxylic acids is 1. The first-order chi connectivity index (χ1) is 19.9. The fourth-order valence-corrected chi connectivity index (χ4v) is 5.54. The molecule has 2 aliphatic heterocycles. The number of nitrogens with one attached hydrogen (secondary N) is 2. The van der Waals surface area contributed by atoms with Gasteiger partial charge >= 0.3 is 6.18 Å². The molecule has 3 heterocycles. The van der Waals surface area contributed by atoms with Crippen molar-refractivity contribution < 1.29 is 18.0 Å². The van der Waals surface area contributed by atoms with E-state index in [4.69, 9.17) is 11.6 Å². The Bertz CT molecular complexity index is 1530. The number of nitrogens with zero attached hydrogens (tertiary/aromatic N) is 6. The van der Waals surface area contributed by atoms with E-state index in [1.165, 1.54) is 6.07 Å². The van der Waals surface area contributed by atoms with Crippen LogP contribution in [0.5, 0.6) is 0 Å². The van der Waals surface area contributed by atoms with E-state index >= 15 is 0 Å². The Morgan fingerprint density at radius 2 is 1.79 bits per heavy atom. The molecular weight excluding hydrogens is 569 g/mol. The van der Waals surface area contributed by atoms with Crippen LogP contribution in [0.15, 0.2) is 42.7 Å². The lowest BCUT2D eigenvalue weighted by molar-refractivity contribution is -0.137. The molecule has 2 aliphatic rings. The van der Waals surface area contributed by atoms with Gasteiger partial charge in [-0.15, -0.1) is 5.53 Å². The first-order valence-electron chi connectivity index (χ1n) is 13.7. The third-order valence-corrected chi connectivity index (χ3v) is 8.29. The molecule has 1 aromatic heterocycles. The van der Waals surface area contributed by atoms with E-state index in [1.807, 2.05) is 62.1 Å². The van der Waals surface area contributed by atoms with Crippen LogP contribution in [-0.4, -0.2) is 65.4 Å². The summed E-state index contributed by atoms with van der Waals surface area (Å²) in [7, 11) is 3.77. The maximum Gasteiger partial charge on any atom is 0.417 e. The molecule has 0 bridgehead atoms. The minimum Gasteiger partial charge on any atom is -0.368 e. The fraction of sp³-hybridized carbons (Fsp3) is 0.379. The van der Waals surface area contributed by atoms with Gasteiger partial charge in [-0.2, -0.15) is 18.3 Å². The number of likely N-dealkylation sites (N-methyl/N-ethyl adjacent to an activating group) is 1. The highest BCUT2D eigenvalue weighted by molar-refractivity contribution is 6.34. The van der Waals surface area contributed by atoms with Gasteiger partial charge in [-0.05, 0) is 50.2 Å². The van der Waals surface area contributed by atoms with Gasteiger partial charge < -0.3 is 15.1 Å². The number of anilines is 3. The van der Waals surface area contributed by atoms with Crippen LogP contribution in [-0.2, 0) is 13.2 Å². The molecule has 0 unspecified atom stereocenters. The van der Waals surface area contributed by atoms with Crippen LogP contribution in [0.1, 0.15) is 39.7 Å². The molecule has 1 fully saturated rings. The molecule has 0 spiro atoms. The number of halogens is 4. The number of carbonyl (C=O) groups is 1. The quantitative estimate of drug-likeness (QED) is 0.398. The third kappa shape index (κ3) is 5.79. The van der Waals surface area contributed by atoms with Gasteiger partial charge in [0.1, 0.15) is 0 Å². The maximum absolute atomic E-state index is 14.0. The molecular formula is C29H34ClF3N8O. The molecule has 13 heteroatoms. The van der Waals surface area contributed by atoms with Crippen molar-refractivity contribution in [3.8, 4) is 0 Å². The highest BCUT2D eigenvalue weighted by Gasteiger charge is 2.36. The number of aromatic nitrogens is 2. The van der Waals surface area contributed by atoms with Gasteiger partial charge in [-0.25, -0.2) is 0 Å². The van der Waals surface area contributed by atoms with Gasteiger partial charge in [0.2, 0.25) is 0 Å². The summed E-state index contributed by atoms with van der Waals surface area (Å²) in [5.74, 6) is -0.658. The largest absolute Gasteiger partial charge is 0.417 e. The second kappa shape index (κ2) is 11.5. The standard InChI is InChI=1S/C29H34ClF3N8O/c1-6-39-9-11-40(12-10-39)25-14-20(13-23(27(25)30)29(31,32)33)28(42)35-21-8-7-18(2)24(15-21)41-17-26(38(5)36-41)22-16-34-37(4)19(22)3/h7-8,13-17,36H,6,9-12H2,1-5H3,(H,35,42). The summed E-state index contributed by atoms with van der Waals surface area (Å²) >= 11 is 6.29. The van der Waals surface area contributed by atoms with E-state index in [2.05, 4.69) is 20.9 Å². The average Bonchev–Trinajstić information content (AvgIpc) is 3.49. The second-order valence-corrected chi connectivity index (χ2v) is 10.9. The van der Waals surface area contributed by atoms with E-state index in [9.17, 15) is 18.0 Å². The molecule has 224 valence electrons. The molecule has 42 heavy (non-hydrogen) atoms. The van der Waals surface area contributed by atoms with E-state index in [0.717, 1.165) is 40.8 Å². The third-order valence-electron chi connectivity index (χ3n) is 7.89. The van der Waals surface area contributed by atoms with E-state index in [1.54, 1.807) is 23.0 Å². The Morgan fingerprint density at radius 3 is 2.40 bits per heavy atom. The summed E-state index contributed by atoms with van der Waals surface area (Å²) in [6, 6.07) is 7.61. The zero-order valence-corrected chi connectivity index (χ0v) is 24.9. The normalized spacial score (nSPS) is 16.3. The van der Waals surface area contributed by atoms with Crippen LogP contribution >= 0.6 is 11.6 Å². The van der Waals surface area contributed by atoms with Crippen LogP contribution in [0, 0.1) is 13.8 Å². The number of rotatable bonds is 6. The van der Waals surface area contributed by atoms with Gasteiger partial charge in [0.05, 0.1) is 33.9 Å². The van der Waals surface area contributed by atoms with Gasteiger partial charge in [-0.3, -0.25) is 19.5 Å². The number of benzene rings is 2. The predicted octanol–water partition coefficient (Wildman–Crippen LogP) is 5.27. The van der Waals surface area contributed by atoms with E-state index in [0.29, 0.717) is 31.9 Å². The Balaban J connectivity index is 1.42.